The van der Waals surface area contributed by atoms with Crippen LogP contribution in [0.4, 0.5) is 4.79 Å². The van der Waals surface area contributed by atoms with Crippen LogP contribution < -0.4 is 11.1 Å². The van der Waals surface area contributed by atoms with E-state index >= 15 is 0 Å². The van der Waals surface area contributed by atoms with E-state index in [9.17, 15) is 9.59 Å². The van der Waals surface area contributed by atoms with Gasteiger partial charge in [-0.1, -0.05) is 19.3 Å². The molecule has 1 heterocycles. The number of amides is 3. The van der Waals surface area contributed by atoms with Gasteiger partial charge in [0.05, 0.1) is 0 Å². The third-order valence-electron chi connectivity index (χ3n) is 5.50. The Kier molecular flexibility index (Phi) is 6.69. The van der Waals surface area contributed by atoms with Crippen LogP contribution in [-0.2, 0) is 4.79 Å². The molecule has 0 aromatic heterocycles. The molecule has 0 radical (unpaired) electrons. The van der Waals surface area contributed by atoms with Crippen molar-refractivity contribution in [1.29, 1.82) is 0 Å². The van der Waals surface area contributed by atoms with E-state index in [1.54, 1.807) is 0 Å². The Balaban J connectivity index is 1.79. The summed E-state index contributed by atoms with van der Waals surface area (Å²) in [7, 11) is 4.20. The second-order valence-corrected chi connectivity index (χ2v) is 7.28. The molecule has 2 aliphatic rings. The first kappa shape index (κ1) is 18.0. The number of carbonyl (C=O) groups excluding carboxylic acids is 2. The van der Waals surface area contributed by atoms with Gasteiger partial charge in [0.1, 0.15) is 0 Å². The summed E-state index contributed by atoms with van der Waals surface area (Å²) in [4.78, 5) is 27.6. The predicted molar refractivity (Wildman–Crippen MR) is 90.9 cm³/mol. The summed E-state index contributed by atoms with van der Waals surface area (Å²) in [5, 5.41) is 3.10. The van der Waals surface area contributed by atoms with Crippen LogP contribution in [0.1, 0.15) is 44.9 Å². The van der Waals surface area contributed by atoms with Crippen LogP contribution in [0.25, 0.3) is 0 Å². The van der Waals surface area contributed by atoms with Crippen LogP contribution in [0.2, 0.25) is 0 Å². The highest BCUT2D eigenvalue weighted by Gasteiger charge is 2.28. The number of hydrogen-bond acceptors (Lipinski definition) is 3. The van der Waals surface area contributed by atoms with Crippen LogP contribution in [0.3, 0.4) is 0 Å². The topological polar surface area (TPSA) is 78.7 Å². The molecule has 1 saturated heterocycles. The van der Waals surface area contributed by atoms with Gasteiger partial charge >= 0.3 is 6.03 Å². The lowest BCUT2D eigenvalue weighted by Gasteiger charge is -2.36. The molecule has 6 nitrogen and oxygen atoms in total. The number of nitrogens with one attached hydrogen (secondary N) is 1. The van der Waals surface area contributed by atoms with Crippen LogP contribution in [-0.4, -0.2) is 61.5 Å². The molecule has 132 valence electrons. The molecular formula is C17H32N4O2. The summed E-state index contributed by atoms with van der Waals surface area (Å²) >= 11 is 0. The zero-order chi connectivity index (χ0) is 16.8. The molecule has 0 aromatic rings. The number of piperidine rings is 1. The van der Waals surface area contributed by atoms with Gasteiger partial charge < -0.3 is 20.9 Å². The molecule has 0 aromatic carbocycles. The second-order valence-electron chi connectivity index (χ2n) is 7.28. The fraction of sp³-hybridized carbons (Fsp3) is 0.882. The average Bonchev–Trinajstić information content (AvgIpc) is 2.55. The monoisotopic (exact) mass is 324 g/mol. The summed E-state index contributed by atoms with van der Waals surface area (Å²) in [6.45, 7) is 1.94. The first-order valence-electron chi connectivity index (χ1n) is 8.97. The molecule has 2 rings (SSSR count). The normalized spacial score (nSPS) is 22.1. The van der Waals surface area contributed by atoms with Gasteiger partial charge in [-0.05, 0) is 45.7 Å². The van der Waals surface area contributed by atoms with Crippen molar-refractivity contribution in [3.05, 3.63) is 0 Å². The molecule has 0 bridgehead atoms. The Morgan fingerprint density at radius 3 is 2.26 bits per heavy atom. The quantitative estimate of drug-likeness (QED) is 0.802. The van der Waals surface area contributed by atoms with E-state index in [0.29, 0.717) is 44.4 Å². The highest BCUT2D eigenvalue weighted by atomic mass is 16.2. The maximum atomic E-state index is 12.4. The minimum absolute atomic E-state index is 0.00409. The van der Waals surface area contributed by atoms with Gasteiger partial charge in [-0.25, -0.2) is 4.79 Å². The summed E-state index contributed by atoms with van der Waals surface area (Å²) in [5.74, 6) is 0.366. The lowest BCUT2D eigenvalue weighted by Crippen LogP contribution is -2.51. The fourth-order valence-corrected chi connectivity index (χ4v) is 3.96. The molecule has 1 aliphatic carbocycles. The third kappa shape index (κ3) is 5.09. The molecule has 1 saturated carbocycles. The van der Waals surface area contributed by atoms with Crippen molar-refractivity contribution in [1.82, 2.24) is 15.1 Å². The Hall–Kier alpha value is -1.30. The van der Waals surface area contributed by atoms with Crippen molar-refractivity contribution in [3.8, 4) is 0 Å². The summed E-state index contributed by atoms with van der Waals surface area (Å²) in [5.41, 5.74) is 5.34. The van der Waals surface area contributed by atoms with Gasteiger partial charge in [0, 0.05) is 31.6 Å². The van der Waals surface area contributed by atoms with Crippen LogP contribution in [0.15, 0.2) is 0 Å². The predicted octanol–water partition coefficient (Wildman–Crippen LogP) is 1.40. The summed E-state index contributed by atoms with van der Waals surface area (Å²) in [6.07, 6.45) is 7.86. The molecule has 0 unspecified atom stereocenters. The summed E-state index contributed by atoms with van der Waals surface area (Å²) in [6, 6.07) is 0.401. The summed E-state index contributed by atoms with van der Waals surface area (Å²) < 4.78 is 0. The van der Waals surface area contributed by atoms with Gasteiger partial charge in [0.25, 0.3) is 0 Å². The number of nitrogens with two attached hydrogens (primary N) is 1. The van der Waals surface area contributed by atoms with E-state index in [1.165, 1.54) is 32.1 Å². The molecule has 1 aliphatic heterocycles. The Labute approximate surface area is 139 Å². The van der Waals surface area contributed by atoms with E-state index in [1.807, 2.05) is 4.90 Å². The van der Waals surface area contributed by atoms with E-state index in [-0.39, 0.29) is 17.9 Å². The van der Waals surface area contributed by atoms with Crippen molar-refractivity contribution >= 4 is 11.9 Å². The number of rotatable bonds is 5. The van der Waals surface area contributed by atoms with Gasteiger partial charge in [0.15, 0.2) is 0 Å². The maximum absolute atomic E-state index is 12.4. The Bertz CT molecular complexity index is 399. The first-order chi connectivity index (χ1) is 11.0. The molecule has 3 amide bonds. The zero-order valence-corrected chi connectivity index (χ0v) is 14.6. The highest BCUT2D eigenvalue weighted by Crippen LogP contribution is 2.28. The van der Waals surface area contributed by atoms with E-state index in [0.717, 1.165) is 0 Å². The number of hydrogen-bond donors (Lipinski definition) is 2. The molecule has 23 heavy (non-hydrogen) atoms. The van der Waals surface area contributed by atoms with E-state index in [2.05, 4.69) is 24.3 Å². The number of urea groups is 1. The third-order valence-corrected chi connectivity index (χ3v) is 5.50. The Morgan fingerprint density at radius 1 is 1.13 bits per heavy atom. The lowest BCUT2D eigenvalue weighted by atomic mass is 9.83. The molecular weight excluding hydrogens is 292 g/mol. The van der Waals surface area contributed by atoms with Gasteiger partial charge in [-0.15, -0.1) is 0 Å². The number of primary amides is 1. The average molecular weight is 324 g/mol. The van der Waals surface area contributed by atoms with Crippen LogP contribution in [0.5, 0.6) is 0 Å². The maximum Gasteiger partial charge on any atom is 0.317 e. The van der Waals surface area contributed by atoms with Crippen molar-refractivity contribution < 1.29 is 9.59 Å². The first-order valence-corrected chi connectivity index (χ1v) is 8.97. The highest BCUT2D eigenvalue weighted by molar-refractivity contribution is 5.78. The van der Waals surface area contributed by atoms with Crippen molar-refractivity contribution in [2.45, 2.75) is 51.0 Å². The minimum Gasteiger partial charge on any atom is -0.369 e. The van der Waals surface area contributed by atoms with Crippen molar-refractivity contribution in [2.24, 2.45) is 17.6 Å². The number of likely N-dealkylation sites (tertiary alicyclic amines) is 1. The molecule has 1 atom stereocenters. The molecule has 2 fully saturated rings. The van der Waals surface area contributed by atoms with Crippen molar-refractivity contribution in [3.63, 3.8) is 0 Å². The van der Waals surface area contributed by atoms with Crippen LogP contribution in [0, 0.1) is 11.8 Å². The number of carbonyl (C=O) groups is 2. The second kappa shape index (κ2) is 8.52. The SMILES string of the molecule is CN(C)[C@@H](CNC(=O)N1CCC(C(N)=O)CC1)C1CCCCC1. The zero-order valence-electron chi connectivity index (χ0n) is 14.6. The van der Waals surface area contributed by atoms with Gasteiger partial charge in [0.2, 0.25) is 5.91 Å². The van der Waals surface area contributed by atoms with Crippen LogP contribution >= 0.6 is 0 Å². The van der Waals surface area contributed by atoms with Crippen molar-refractivity contribution in [2.75, 3.05) is 33.7 Å². The lowest BCUT2D eigenvalue weighted by molar-refractivity contribution is -0.123. The molecule has 0 spiro atoms. The smallest absolute Gasteiger partial charge is 0.317 e. The van der Waals surface area contributed by atoms with E-state index < -0.39 is 0 Å². The fourth-order valence-electron chi connectivity index (χ4n) is 3.96. The number of nitrogens with zero attached hydrogens (tertiary/aromatic N) is 2. The minimum atomic E-state index is -0.241. The molecule has 6 heteroatoms. The standard InChI is InChI=1S/C17H32N4O2/c1-20(2)15(13-6-4-3-5-7-13)12-19-17(23)21-10-8-14(9-11-21)16(18)22/h13-15H,3-12H2,1-2H3,(H2,18,22)(H,19,23)/t15-/m0/s1. The molecule has 3 N–H and O–H groups in total. The van der Waals surface area contributed by atoms with E-state index in [4.69, 9.17) is 5.73 Å². The largest absolute Gasteiger partial charge is 0.369 e. The van der Waals surface area contributed by atoms with Gasteiger partial charge in [-0.3, -0.25) is 4.79 Å². The van der Waals surface area contributed by atoms with Gasteiger partial charge in [-0.2, -0.15) is 0 Å². The Morgan fingerprint density at radius 2 is 1.74 bits per heavy atom. The number of likely N-dealkylation sites (N-methyl/N-ethyl adjacent to an activating group) is 1.